The molecule has 0 spiro atoms. The summed E-state index contributed by atoms with van der Waals surface area (Å²) < 4.78 is 13.1. The van der Waals surface area contributed by atoms with Gasteiger partial charge in [-0.1, -0.05) is 49.4 Å². The van der Waals surface area contributed by atoms with Crippen molar-refractivity contribution >= 4 is 12.0 Å². The van der Waals surface area contributed by atoms with Crippen LogP contribution in [0, 0.1) is 5.82 Å². The fraction of sp³-hybridized carbons (Fsp3) is 0.211. The molecule has 0 N–H and O–H groups in total. The van der Waals surface area contributed by atoms with Gasteiger partial charge in [0.25, 0.3) is 0 Å². The summed E-state index contributed by atoms with van der Waals surface area (Å²) in [6.45, 7) is 3.32. The zero-order valence-corrected chi connectivity index (χ0v) is 12.7. The number of amides is 1. The highest BCUT2D eigenvalue weighted by Gasteiger charge is 2.10. The summed E-state index contributed by atoms with van der Waals surface area (Å²) in [6, 6.07) is 16.1. The third-order valence-corrected chi connectivity index (χ3v) is 3.29. The molecule has 22 heavy (non-hydrogen) atoms. The summed E-state index contributed by atoms with van der Waals surface area (Å²) in [5, 5.41) is 0. The molecule has 0 aliphatic carbocycles. The topological polar surface area (TPSA) is 20.3 Å². The number of rotatable bonds is 6. The van der Waals surface area contributed by atoms with E-state index in [-0.39, 0.29) is 11.7 Å². The third-order valence-electron chi connectivity index (χ3n) is 3.29. The van der Waals surface area contributed by atoms with Gasteiger partial charge in [0.2, 0.25) is 5.91 Å². The lowest BCUT2D eigenvalue weighted by Gasteiger charge is -2.20. The van der Waals surface area contributed by atoms with Crippen LogP contribution in [0.3, 0.4) is 0 Å². The zero-order chi connectivity index (χ0) is 15.8. The molecule has 0 saturated carbocycles. The van der Waals surface area contributed by atoms with Gasteiger partial charge in [-0.2, -0.15) is 0 Å². The summed E-state index contributed by atoms with van der Waals surface area (Å²) >= 11 is 0. The number of hydrogen-bond acceptors (Lipinski definition) is 1. The van der Waals surface area contributed by atoms with Gasteiger partial charge in [-0.15, -0.1) is 0 Å². The Balaban J connectivity index is 2.06. The van der Waals surface area contributed by atoms with Gasteiger partial charge in [0, 0.05) is 19.2 Å². The van der Waals surface area contributed by atoms with Gasteiger partial charge >= 0.3 is 0 Å². The van der Waals surface area contributed by atoms with Crippen LogP contribution in [0.1, 0.15) is 24.5 Å². The molecule has 2 aromatic carbocycles. The highest BCUT2D eigenvalue weighted by atomic mass is 19.1. The fourth-order valence-electron chi connectivity index (χ4n) is 2.22. The summed E-state index contributed by atoms with van der Waals surface area (Å²) in [5.41, 5.74) is 1.79. The van der Waals surface area contributed by atoms with Crippen LogP contribution in [0.5, 0.6) is 0 Å². The second kappa shape index (κ2) is 8.13. The number of halogens is 1. The quantitative estimate of drug-likeness (QED) is 0.729. The first-order valence-corrected chi connectivity index (χ1v) is 7.45. The average Bonchev–Trinajstić information content (AvgIpc) is 2.53. The van der Waals surface area contributed by atoms with Gasteiger partial charge in [-0.3, -0.25) is 4.79 Å². The maximum Gasteiger partial charge on any atom is 0.246 e. The molecule has 0 heterocycles. The minimum Gasteiger partial charge on any atom is -0.335 e. The van der Waals surface area contributed by atoms with Crippen LogP contribution < -0.4 is 0 Å². The van der Waals surface area contributed by atoms with Crippen molar-refractivity contribution in [2.45, 2.75) is 19.9 Å². The molecule has 0 aliphatic heterocycles. The Kier molecular flexibility index (Phi) is 5.90. The molecule has 0 saturated heterocycles. The lowest BCUT2D eigenvalue weighted by atomic mass is 10.2. The van der Waals surface area contributed by atoms with Crippen molar-refractivity contribution in [3.05, 3.63) is 77.6 Å². The average molecular weight is 297 g/mol. The highest BCUT2D eigenvalue weighted by Crippen LogP contribution is 2.09. The van der Waals surface area contributed by atoms with E-state index >= 15 is 0 Å². The molecule has 0 bridgehead atoms. The molecular weight excluding hydrogens is 277 g/mol. The smallest absolute Gasteiger partial charge is 0.246 e. The third kappa shape index (κ3) is 4.85. The summed E-state index contributed by atoms with van der Waals surface area (Å²) in [7, 11) is 0. The summed E-state index contributed by atoms with van der Waals surface area (Å²) in [5.74, 6) is -0.362. The van der Waals surface area contributed by atoms with Crippen LogP contribution >= 0.6 is 0 Å². The lowest BCUT2D eigenvalue weighted by Crippen LogP contribution is -2.29. The van der Waals surface area contributed by atoms with Gasteiger partial charge in [0.15, 0.2) is 0 Å². The van der Waals surface area contributed by atoms with Gasteiger partial charge < -0.3 is 4.90 Å². The largest absolute Gasteiger partial charge is 0.335 e. The van der Waals surface area contributed by atoms with E-state index in [9.17, 15) is 9.18 Å². The van der Waals surface area contributed by atoms with Gasteiger partial charge in [-0.25, -0.2) is 4.39 Å². The molecule has 0 radical (unpaired) electrons. The second-order valence-corrected chi connectivity index (χ2v) is 5.13. The maximum atomic E-state index is 13.1. The van der Waals surface area contributed by atoms with Gasteiger partial charge in [-0.05, 0) is 35.8 Å². The number of benzene rings is 2. The van der Waals surface area contributed by atoms with E-state index in [4.69, 9.17) is 0 Å². The van der Waals surface area contributed by atoms with E-state index in [2.05, 4.69) is 0 Å². The Labute approximate surface area is 130 Å². The molecule has 2 nitrogen and oxygen atoms in total. The van der Waals surface area contributed by atoms with Crippen molar-refractivity contribution in [1.82, 2.24) is 4.90 Å². The Morgan fingerprint density at radius 2 is 1.91 bits per heavy atom. The van der Waals surface area contributed by atoms with E-state index in [1.807, 2.05) is 37.3 Å². The van der Waals surface area contributed by atoms with Crippen LogP contribution in [0.25, 0.3) is 6.08 Å². The first kappa shape index (κ1) is 16.0. The van der Waals surface area contributed by atoms with Gasteiger partial charge in [0.1, 0.15) is 5.82 Å². The number of nitrogens with zero attached hydrogens (tertiary/aromatic N) is 1. The molecule has 0 fully saturated rings. The summed E-state index contributed by atoms with van der Waals surface area (Å²) in [4.78, 5) is 14.1. The van der Waals surface area contributed by atoms with Crippen LogP contribution in [0.15, 0.2) is 60.7 Å². The number of hydrogen-bond donors (Lipinski definition) is 0. The maximum absolute atomic E-state index is 13.1. The molecule has 0 unspecified atom stereocenters. The molecule has 114 valence electrons. The van der Waals surface area contributed by atoms with Crippen LogP contribution in [-0.2, 0) is 11.3 Å². The Morgan fingerprint density at radius 1 is 1.14 bits per heavy atom. The van der Waals surface area contributed by atoms with Crippen molar-refractivity contribution in [3.8, 4) is 0 Å². The van der Waals surface area contributed by atoms with E-state index in [0.717, 1.165) is 12.0 Å². The molecule has 2 rings (SSSR count). The van der Waals surface area contributed by atoms with Crippen molar-refractivity contribution in [3.63, 3.8) is 0 Å². The molecule has 1 amide bonds. The molecule has 0 aliphatic rings. The monoisotopic (exact) mass is 297 g/mol. The number of carbonyl (C=O) groups excluding carboxylic acids is 1. The standard InChI is InChI=1S/C19H20FNO/c1-2-13-21(15-17-7-4-3-5-8-17)19(22)12-11-16-9-6-10-18(20)14-16/h3-12,14H,2,13,15H2,1H3/b12-11+. The fourth-order valence-corrected chi connectivity index (χ4v) is 2.22. The van der Waals surface area contributed by atoms with E-state index in [1.165, 1.54) is 18.2 Å². The van der Waals surface area contributed by atoms with Crippen molar-refractivity contribution in [1.29, 1.82) is 0 Å². The Morgan fingerprint density at radius 3 is 2.59 bits per heavy atom. The van der Waals surface area contributed by atoms with Gasteiger partial charge in [0.05, 0.1) is 0 Å². The predicted molar refractivity (Wildman–Crippen MR) is 87.6 cm³/mol. The lowest BCUT2D eigenvalue weighted by molar-refractivity contribution is -0.126. The Bertz CT molecular complexity index is 637. The van der Waals surface area contributed by atoms with Crippen molar-refractivity contribution < 1.29 is 9.18 Å². The van der Waals surface area contributed by atoms with E-state index in [1.54, 1.807) is 23.1 Å². The predicted octanol–water partition coefficient (Wildman–Crippen LogP) is 4.28. The molecule has 0 atom stereocenters. The molecule has 3 heteroatoms. The molecular formula is C19H20FNO. The normalized spacial score (nSPS) is 10.8. The minimum atomic E-state index is -0.302. The first-order valence-electron chi connectivity index (χ1n) is 7.45. The molecule has 2 aromatic rings. The zero-order valence-electron chi connectivity index (χ0n) is 12.7. The highest BCUT2D eigenvalue weighted by molar-refractivity contribution is 5.91. The SMILES string of the molecule is CCCN(Cc1ccccc1)C(=O)/C=C/c1cccc(F)c1. The number of carbonyl (C=O) groups is 1. The Hall–Kier alpha value is -2.42. The van der Waals surface area contributed by atoms with Crippen LogP contribution in [0.4, 0.5) is 4.39 Å². The van der Waals surface area contributed by atoms with E-state index < -0.39 is 0 Å². The summed E-state index contributed by atoms with van der Waals surface area (Å²) in [6.07, 6.45) is 4.05. The minimum absolute atomic E-state index is 0.0602. The van der Waals surface area contributed by atoms with E-state index in [0.29, 0.717) is 18.7 Å². The first-order chi connectivity index (χ1) is 10.7. The van der Waals surface area contributed by atoms with Crippen molar-refractivity contribution in [2.24, 2.45) is 0 Å². The van der Waals surface area contributed by atoms with Crippen LogP contribution in [-0.4, -0.2) is 17.4 Å². The molecule has 0 aromatic heterocycles. The van der Waals surface area contributed by atoms with Crippen molar-refractivity contribution in [2.75, 3.05) is 6.54 Å². The second-order valence-electron chi connectivity index (χ2n) is 5.13. The van der Waals surface area contributed by atoms with Crippen LogP contribution in [0.2, 0.25) is 0 Å².